The minimum Gasteiger partial charge on any atom is -0.323 e. The molecule has 22 heavy (non-hydrogen) atoms. The third-order valence-corrected chi connectivity index (χ3v) is 3.61. The van der Waals surface area contributed by atoms with E-state index in [0.29, 0.717) is 5.56 Å². The maximum Gasteiger partial charge on any atom is 0.255 e. The van der Waals surface area contributed by atoms with Gasteiger partial charge in [-0.05, 0) is 43.5 Å². The SMILES string of the molecule is Cl.Cl.NC1CCCCN1C(=O)c1ccc(-n2cncn2)cc1. The Labute approximate surface area is 141 Å². The third kappa shape index (κ3) is 3.76. The van der Waals surface area contributed by atoms with Gasteiger partial charge in [-0.15, -0.1) is 24.8 Å². The Morgan fingerprint density at radius 2 is 1.91 bits per heavy atom. The number of halogens is 2. The van der Waals surface area contributed by atoms with E-state index in [0.717, 1.165) is 31.5 Å². The lowest BCUT2D eigenvalue weighted by atomic mass is 10.1. The van der Waals surface area contributed by atoms with Crippen LogP contribution in [-0.2, 0) is 0 Å². The Kier molecular flexibility index (Phi) is 6.80. The summed E-state index contributed by atoms with van der Waals surface area (Å²) in [6.07, 6.45) is 5.93. The molecule has 1 aliphatic rings. The van der Waals surface area contributed by atoms with Crippen molar-refractivity contribution in [3.63, 3.8) is 0 Å². The second-order valence-corrected chi connectivity index (χ2v) is 4.95. The highest BCUT2D eigenvalue weighted by Crippen LogP contribution is 2.17. The first-order chi connectivity index (χ1) is 9.75. The number of carbonyl (C=O) groups is 1. The van der Waals surface area contributed by atoms with Gasteiger partial charge in [-0.2, -0.15) is 5.10 Å². The van der Waals surface area contributed by atoms with Gasteiger partial charge < -0.3 is 10.6 Å². The van der Waals surface area contributed by atoms with Crippen LogP contribution in [0.5, 0.6) is 0 Å². The average molecular weight is 344 g/mol. The lowest BCUT2D eigenvalue weighted by Crippen LogP contribution is -2.48. The van der Waals surface area contributed by atoms with E-state index in [2.05, 4.69) is 10.1 Å². The topological polar surface area (TPSA) is 77.0 Å². The minimum atomic E-state index is -0.161. The third-order valence-electron chi connectivity index (χ3n) is 3.61. The summed E-state index contributed by atoms with van der Waals surface area (Å²) in [7, 11) is 0. The van der Waals surface area contributed by atoms with Gasteiger partial charge in [-0.1, -0.05) is 0 Å². The molecule has 2 heterocycles. The molecule has 2 aromatic rings. The first kappa shape index (κ1) is 18.4. The fourth-order valence-corrected chi connectivity index (χ4v) is 2.47. The number of piperidine rings is 1. The molecule has 0 radical (unpaired) electrons. The van der Waals surface area contributed by atoms with Gasteiger partial charge in [0.1, 0.15) is 12.7 Å². The summed E-state index contributed by atoms with van der Waals surface area (Å²) >= 11 is 0. The Bertz CT molecular complexity index is 588. The quantitative estimate of drug-likeness (QED) is 0.904. The predicted octanol–water partition coefficient (Wildman–Crippen LogP) is 2.02. The van der Waals surface area contributed by atoms with Gasteiger partial charge in [0.25, 0.3) is 5.91 Å². The van der Waals surface area contributed by atoms with Crippen LogP contribution in [0.2, 0.25) is 0 Å². The van der Waals surface area contributed by atoms with Gasteiger partial charge in [0, 0.05) is 12.1 Å². The van der Waals surface area contributed by atoms with Crippen molar-refractivity contribution in [1.82, 2.24) is 19.7 Å². The van der Waals surface area contributed by atoms with E-state index in [-0.39, 0.29) is 36.9 Å². The summed E-state index contributed by atoms with van der Waals surface area (Å²) in [6, 6.07) is 7.33. The van der Waals surface area contributed by atoms with Crippen LogP contribution in [0.3, 0.4) is 0 Å². The largest absolute Gasteiger partial charge is 0.323 e. The van der Waals surface area contributed by atoms with E-state index in [1.165, 1.54) is 6.33 Å². The number of rotatable bonds is 2. The maximum atomic E-state index is 12.4. The van der Waals surface area contributed by atoms with Crippen LogP contribution in [0, 0.1) is 0 Å². The fourth-order valence-electron chi connectivity index (χ4n) is 2.47. The van der Waals surface area contributed by atoms with Gasteiger partial charge >= 0.3 is 0 Å². The molecule has 1 aromatic heterocycles. The molecule has 6 nitrogen and oxygen atoms in total. The maximum absolute atomic E-state index is 12.4. The van der Waals surface area contributed by atoms with Crippen LogP contribution < -0.4 is 5.73 Å². The number of carbonyl (C=O) groups excluding carboxylic acids is 1. The van der Waals surface area contributed by atoms with Gasteiger partial charge in [0.2, 0.25) is 0 Å². The Balaban J connectivity index is 0.00000121. The molecule has 0 bridgehead atoms. The number of benzene rings is 1. The van der Waals surface area contributed by atoms with E-state index in [1.54, 1.807) is 28.0 Å². The van der Waals surface area contributed by atoms with Crippen LogP contribution in [0.25, 0.3) is 5.69 Å². The Hall–Kier alpha value is -1.63. The molecule has 1 amide bonds. The smallest absolute Gasteiger partial charge is 0.255 e. The average Bonchev–Trinajstić information content (AvgIpc) is 3.01. The van der Waals surface area contributed by atoms with Crippen molar-refractivity contribution in [1.29, 1.82) is 0 Å². The molecule has 1 fully saturated rings. The normalized spacial score (nSPS) is 17.3. The zero-order valence-corrected chi connectivity index (χ0v) is 13.6. The summed E-state index contributed by atoms with van der Waals surface area (Å²) in [5, 5.41) is 4.05. The highest BCUT2D eigenvalue weighted by atomic mass is 35.5. The Morgan fingerprint density at radius 1 is 1.18 bits per heavy atom. The summed E-state index contributed by atoms with van der Waals surface area (Å²) in [5.74, 6) is 0.00217. The molecule has 0 saturated carbocycles. The number of nitrogens with zero attached hydrogens (tertiary/aromatic N) is 4. The molecule has 1 atom stereocenters. The van der Waals surface area contributed by atoms with Gasteiger partial charge in [-0.3, -0.25) is 4.79 Å². The molecule has 0 aliphatic carbocycles. The molecule has 1 unspecified atom stereocenters. The van der Waals surface area contributed by atoms with E-state index < -0.39 is 0 Å². The molecule has 8 heteroatoms. The highest BCUT2D eigenvalue weighted by Gasteiger charge is 2.24. The summed E-state index contributed by atoms with van der Waals surface area (Å²) in [6.45, 7) is 0.741. The number of nitrogens with two attached hydrogens (primary N) is 1. The molecule has 120 valence electrons. The standard InChI is InChI=1S/C14H17N5O.2ClH/c15-13-3-1-2-8-18(13)14(20)11-4-6-12(7-5-11)19-10-16-9-17-19;;/h4-7,9-10,13H,1-3,8,15H2;2*1H. The molecule has 1 aliphatic heterocycles. The minimum absolute atomic E-state index is 0. The molecular formula is C14H19Cl2N5O. The highest BCUT2D eigenvalue weighted by molar-refractivity contribution is 5.94. The first-order valence-electron chi connectivity index (χ1n) is 6.77. The van der Waals surface area contributed by atoms with E-state index >= 15 is 0 Å². The van der Waals surface area contributed by atoms with Crippen molar-refractivity contribution in [3.8, 4) is 5.69 Å². The molecule has 1 aromatic carbocycles. The molecular weight excluding hydrogens is 325 g/mol. The zero-order chi connectivity index (χ0) is 13.9. The van der Waals surface area contributed by atoms with Crippen LogP contribution in [0.1, 0.15) is 29.6 Å². The van der Waals surface area contributed by atoms with Crippen LogP contribution >= 0.6 is 24.8 Å². The van der Waals surface area contributed by atoms with Crippen molar-refractivity contribution in [3.05, 3.63) is 42.5 Å². The van der Waals surface area contributed by atoms with E-state index in [1.807, 2.05) is 12.1 Å². The van der Waals surface area contributed by atoms with Crippen molar-refractivity contribution in [2.45, 2.75) is 25.4 Å². The van der Waals surface area contributed by atoms with Gasteiger partial charge in [0.15, 0.2) is 0 Å². The lowest BCUT2D eigenvalue weighted by Gasteiger charge is -2.33. The number of hydrogen-bond acceptors (Lipinski definition) is 4. The monoisotopic (exact) mass is 343 g/mol. The first-order valence-corrected chi connectivity index (χ1v) is 6.77. The Morgan fingerprint density at radius 3 is 2.50 bits per heavy atom. The van der Waals surface area contributed by atoms with E-state index in [9.17, 15) is 4.79 Å². The second kappa shape index (κ2) is 8.12. The van der Waals surface area contributed by atoms with Crippen LogP contribution in [-0.4, -0.2) is 38.3 Å². The van der Waals surface area contributed by atoms with Crippen LogP contribution in [0.4, 0.5) is 0 Å². The molecule has 3 rings (SSSR count). The fraction of sp³-hybridized carbons (Fsp3) is 0.357. The summed E-state index contributed by atoms with van der Waals surface area (Å²) in [5.41, 5.74) is 7.54. The van der Waals surface area contributed by atoms with Crippen molar-refractivity contribution >= 4 is 30.7 Å². The summed E-state index contributed by atoms with van der Waals surface area (Å²) < 4.78 is 1.65. The molecule has 1 saturated heterocycles. The second-order valence-electron chi connectivity index (χ2n) is 4.95. The van der Waals surface area contributed by atoms with Crippen molar-refractivity contribution in [2.75, 3.05) is 6.54 Å². The molecule has 0 spiro atoms. The predicted molar refractivity (Wildman–Crippen MR) is 88.7 cm³/mol. The summed E-state index contributed by atoms with van der Waals surface area (Å²) in [4.78, 5) is 18.1. The number of hydrogen-bond donors (Lipinski definition) is 1. The number of likely N-dealkylation sites (tertiary alicyclic amines) is 1. The van der Waals surface area contributed by atoms with E-state index in [4.69, 9.17) is 5.73 Å². The zero-order valence-electron chi connectivity index (χ0n) is 12.0. The van der Waals surface area contributed by atoms with Crippen LogP contribution in [0.15, 0.2) is 36.9 Å². The van der Waals surface area contributed by atoms with Crippen molar-refractivity contribution in [2.24, 2.45) is 5.73 Å². The van der Waals surface area contributed by atoms with Crippen molar-refractivity contribution < 1.29 is 4.79 Å². The molecule has 2 N–H and O–H groups in total. The lowest BCUT2D eigenvalue weighted by molar-refractivity contribution is 0.0621. The van der Waals surface area contributed by atoms with Gasteiger partial charge in [-0.25, -0.2) is 9.67 Å². The number of amides is 1. The van der Waals surface area contributed by atoms with Gasteiger partial charge in [0.05, 0.1) is 11.9 Å². The number of aromatic nitrogens is 3.